The van der Waals surface area contributed by atoms with E-state index < -0.39 is 0 Å². The molecule has 0 saturated carbocycles. The normalized spacial score (nSPS) is 17.2. The lowest BCUT2D eigenvalue weighted by Gasteiger charge is -2.26. The average molecular weight is 261 g/mol. The molecule has 0 amide bonds. The monoisotopic (exact) mass is 261 g/mol. The Bertz CT molecular complexity index is 570. The first-order valence-electron chi connectivity index (χ1n) is 6.90. The molecule has 0 aliphatic carbocycles. The molecule has 0 bridgehead atoms. The van der Waals surface area contributed by atoms with Gasteiger partial charge in [-0.25, -0.2) is 4.39 Å². The zero-order chi connectivity index (χ0) is 13.2. The summed E-state index contributed by atoms with van der Waals surface area (Å²) in [6, 6.07) is 5.07. The van der Waals surface area contributed by atoms with E-state index in [1.807, 2.05) is 17.7 Å². The van der Waals surface area contributed by atoms with Crippen LogP contribution in [0.15, 0.2) is 24.4 Å². The van der Waals surface area contributed by atoms with Gasteiger partial charge in [0.25, 0.3) is 0 Å². The SMILES string of the molecule is Cn1cc(CCN2CCNCC2)c2ccc(F)cc21. The van der Waals surface area contributed by atoms with E-state index >= 15 is 0 Å². The van der Waals surface area contributed by atoms with E-state index in [2.05, 4.69) is 16.4 Å². The lowest BCUT2D eigenvalue weighted by molar-refractivity contribution is 0.244. The largest absolute Gasteiger partial charge is 0.350 e. The Morgan fingerprint density at radius 3 is 2.84 bits per heavy atom. The summed E-state index contributed by atoms with van der Waals surface area (Å²) in [6.07, 6.45) is 3.16. The third-order valence-corrected chi connectivity index (χ3v) is 3.94. The van der Waals surface area contributed by atoms with E-state index in [1.54, 1.807) is 12.1 Å². The van der Waals surface area contributed by atoms with E-state index in [0.717, 1.165) is 44.7 Å². The summed E-state index contributed by atoms with van der Waals surface area (Å²) in [4.78, 5) is 2.48. The van der Waals surface area contributed by atoms with Gasteiger partial charge in [-0.3, -0.25) is 0 Å². The van der Waals surface area contributed by atoms with E-state index in [9.17, 15) is 4.39 Å². The molecule has 1 aromatic carbocycles. The summed E-state index contributed by atoms with van der Waals surface area (Å²) in [6.45, 7) is 5.50. The summed E-state index contributed by atoms with van der Waals surface area (Å²) in [5, 5.41) is 4.55. The van der Waals surface area contributed by atoms with Crippen LogP contribution >= 0.6 is 0 Å². The number of halogens is 1. The fourth-order valence-corrected chi connectivity index (χ4v) is 2.85. The number of hydrogen-bond acceptors (Lipinski definition) is 2. The van der Waals surface area contributed by atoms with Crippen LogP contribution in [0, 0.1) is 5.82 Å². The molecule has 0 spiro atoms. The topological polar surface area (TPSA) is 20.2 Å². The number of fused-ring (bicyclic) bond motifs is 1. The fraction of sp³-hybridized carbons (Fsp3) is 0.467. The first-order chi connectivity index (χ1) is 9.24. The second-order valence-electron chi connectivity index (χ2n) is 5.27. The molecule has 2 aromatic rings. The first-order valence-corrected chi connectivity index (χ1v) is 6.90. The van der Waals surface area contributed by atoms with Crippen molar-refractivity contribution in [2.24, 2.45) is 7.05 Å². The maximum Gasteiger partial charge on any atom is 0.125 e. The minimum atomic E-state index is -0.164. The molecule has 3 nitrogen and oxygen atoms in total. The number of nitrogens with zero attached hydrogens (tertiary/aromatic N) is 2. The molecule has 0 atom stereocenters. The Morgan fingerprint density at radius 2 is 2.05 bits per heavy atom. The molecule has 1 aliphatic heterocycles. The van der Waals surface area contributed by atoms with Crippen LogP contribution in [0.2, 0.25) is 0 Å². The van der Waals surface area contributed by atoms with Crippen molar-refractivity contribution in [2.75, 3.05) is 32.7 Å². The van der Waals surface area contributed by atoms with Crippen LogP contribution in [0.25, 0.3) is 10.9 Å². The Balaban J connectivity index is 1.77. The van der Waals surface area contributed by atoms with Crippen LogP contribution in [0.3, 0.4) is 0 Å². The highest BCUT2D eigenvalue weighted by Crippen LogP contribution is 2.22. The van der Waals surface area contributed by atoms with Crippen LogP contribution in [0.5, 0.6) is 0 Å². The number of piperazine rings is 1. The van der Waals surface area contributed by atoms with Crippen LogP contribution in [0.4, 0.5) is 4.39 Å². The molecule has 4 heteroatoms. The van der Waals surface area contributed by atoms with E-state index in [4.69, 9.17) is 0 Å². The highest BCUT2D eigenvalue weighted by molar-refractivity contribution is 5.84. The van der Waals surface area contributed by atoms with Gasteiger partial charge in [0.2, 0.25) is 0 Å². The van der Waals surface area contributed by atoms with Gasteiger partial charge >= 0.3 is 0 Å². The second-order valence-corrected chi connectivity index (χ2v) is 5.27. The number of aromatic nitrogens is 1. The Kier molecular flexibility index (Phi) is 3.53. The molecule has 0 unspecified atom stereocenters. The van der Waals surface area contributed by atoms with Crippen molar-refractivity contribution in [1.29, 1.82) is 0 Å². The van der Waals surface area contributed by atoms with Crippen molar-refractivity contribution in [2.45, 2.75) is 6.42 Å². The molecule has 1 N–H and O–H groups in total. The standard InChI is InChI=1S/C15H20FN3/c1-18-11-12(4-7-19-8-5-17-6-9-19)14-3-2-13(16)10-15(14)18/h2-3,10-11,17H,4-9H2,1H3. The van der Waals surface area contributed by atoms with E-state index in [-0.39, 0.29) is 5.82 Å². The molecule has 0 radical (unpaired) electrons. The Hall–Kier alpha value is -1.39. The average Bonchev–Trinajstić information content (AvgIpc) is 2.74. The maximum atomic E-state index is 13.3. The van der Waals surface area contributed by atoms with Gasteiger partial charge in [-0.15, -0.1) is 0 Å². The minimum Gasteiger partial charge on any atom is -0.350 e. The Labute approximate surface area is 113 Å². The summed E-state index contributed by atoms with van der Waals surface area (Å²) >= 11 is 0. The van der Waals surface area contributed by atoms with Crippen molar-refractivity contribution in [3.05, 3.63) is 35.8 Å². The third kappa shape index (κ3) is 2.65. The zero-order valence-corrected chi connectivity index (χ0v) is 11.3. The summed E-state index contributed by atoms with van der Waals surface area (Å²) in [5.41, 5.74) is 2.30. The molecule has 1 aromatic heterocycles. The van der Waals surface area contributed by atoms with Gasteiger partial charge in [0.1, 0.15) is 5.82 Å². The molecule has 102 valence electrons. The first kappa shape index (κ1) is 12.6. The highest BCUT2D eigenvalue weighted by atomic mass is 19.1. The number of nitrogens with one attached hydrogen (secondary N) is 1. The quantitative estimate of drug-likeness (QED) is 0.908. The number of rotatable bonds is 3. The molecule has 1 fully saturated rings. The van der Waals surface area contributed by atoms with Crippen LogP contribution in [0.1, 0.15) is 5.56 Å². The van der Waals surface area contributed by atoms with Gasteiger partial charge < -0.3 is 14.8 Å². The van der Waals surface area contributed by atoms with Crippen LogP contribution < -0.4 is 5.32 Å². The molecule has 1 aliphatic rings. The van der Waals surface area contributed by atoms with Crippen molar-refractivity contribution in [1.82, 2.24) is 14.8 Å². The Morgan fingerprint density at radius 1 is 1.26 bits per heavy atom. The molecule has 2 heterocycles. The van der Waals surface area contributed by atoms with Crippen LogP contribution in [-0.4, -0.2) is 42.2 Å². The lowest BCUT2D eigenvalue weighted by Crippen LogP contribution is -2.44. The lowest BCUT2D eigenvalue weighted by atomic mass is 10.1. The number of hydrogen-bond donors (Lipinski definition) is 1. The highest BCUT2D eigenvalue weighted by Gasteiger charge is 2.12. The number of aryl methyl sites for hydroxylation is 1. The van der Waals surface area contributed by atoms with Crippen molar-refractivity contribution >= 4 is 10.9 Å². The maximum absolute atomic E-state index is 13.3. The number of benzene rings is 1. The third-order valence-electron chi connectivity index (χ3n) is 3.94. The molecular formula is C15H20FN3. The predicted octanol–water partition coefficient (Wildman–Crippen LogP) is 1.77. The van der Waals surface area contributed by atoms with Gasteiger partial charge in [0.05, 0.1) is 5.52 Å². The van der Waals surface area contributed by atoms with Gasteiger partial charge in [0, 0.05) is 51.4 Å². The minimum absolute atomic E-state index is 0.164. The molecule has 3 rings (SSSR count). The predicted molar refractivity (Wildman–Crippen MR) is 75.9 cm³/mol. The van der Waals surface area contributed by atoms with Crippen LogP contribution in [-0.2, 0) is 13.5 Å². The van der Waals surface area contributed by atoms with E-state index in [0.29, 0.717) is 0 Å². The van der Waals surface area contributed by atoms with Gasteiger partial charge in [-0.1, -0.05) is 0 Å². The van der Waals surface area contributed by atoms with Crippen molar-refractivity contribution < 1.29 is 4.39 Å². The summed E-state index contributed by atoms with van der Waals surface area (Å²) < 4.78 is 15.3. The van der Waals surface area contributed by atoms with Gasteiger partial charge in [-0.2, -0.15) is 0 Å². The molecule has 1 saturated heterocycles. The zero-order valence-electron chi connectivity index (χ0n) is 11.3. The smallest absolute Gasteiger partial charge is 0.125 e. The van der Waals surface area contributed by atoms with E-state index in [1.165, 1.54) is 10.9 Å². The van der Waals surface area contributed by atoms with Gasteiger partial charge in [-0.05, 0) is 30.2 Å². The molecular weight excluding hydrogens is 241 g/mol. The van der Waals surface area contributed by atoms with Gasteiger partial charge in [0.15, 0.2) is 0 Å². The second kappa shape index (κ2) is 5.31. The summed E-state index contributed by atoms with van der Waals surface area (Å²) in [5.74, 6) is -0.164. The fourth-order valence-electron chi connectivity index (χ4n) is 2.85. The molecule has 19 heavy (non-hydrogen) atoms. The summed E-state index contributed by atoms with van der Waals surface area (Å²) in [7, 11) is 1.98. The van der Waals surface area contributed by atoms with Crippen molar-refractivity contribution in [3.63, 3.8) is 0 Å². The van der Waals surface area contributed by atoms with Crippen molar-refractivity contribution in [3.8, 4) is 0 Å².